The molecule has 3 unspecified atom stereocenters. The highest BCUT2D eigenvalue weighted by Gasteiger charge is 2.56. The second kappa shape index (κ2) is 13.2. The van der Waals surface area contributed by atoms with E-state index in [9.17, 15) is 0 Å². The average Bonchev–Trinajstić information content (AvgIpc) is 3.83. The fourth-order valence-corrected chi connectivity index (χ4v) is 10.9. The maximum Gasteiger partial charge on any atom is 0.164 e. The van der Waals surface area contributed by atoms with Crippen LogP contribution in [0.15, 0.2) is 194 Å². The van der Waals surface area contributed by atoms with Gasteiger partial charge in [-0.15, -0.1) is 0 Å². The van der Waals surface area contributed by atoms with E-state index < -0.39 is 5.41 Å². The number of nitrogens with zero attached hydrogens (tertiary/aromatic N) is 4. The SMILES string of the molecule is C1=CC2c3ccccc3C3(c4ccccc4Oc4ccc(-c5nc(C6=CCCC(n7c8ccccc8c8c9ccccc9ccc87)=C6)nc(-c6ccccc6)n5)cc43)C2C=C1. The van der Waals surface area contributed by atoms with Crippen molar-refractivity contribution in [1.29, 1.82) is 0 Å². The third-order valence-corrected chi connectivity index (χ3v) is 13.4. The van der Waals surface area contributed by atoms with Crippen molar-refractivity contribution in [2.24, 2.45) is 5.92 Å². The van der Waals surface area contributed by atoms with Gasteiger partial charge < -0.3 is 9.30 Å². The Morgan fingerprint density at radius 1 is 0.557 bits per heavy atom. The molecule has 288 valence electrons. The number of allylic oxidation sites excluding steroid dienone is 8. The number of hydrogen-bond donors (Lipinski definition) is 0. The van der Waals surface area contributed by atoms with Crippen LogP contribution in [0, 0.1) is 5.92 Å². The zero-order valence-corrected chi connectivity index (χ0v) is 33.2. The molecule has 0 radical (unpaired) electrons. The first kappa shape index (κ1) is 34.3. The number of rotatable bonds is 4. The van der Waals surface area contributed by atoms with Gasteiger partial charge in [-0.3, -0.25) is 0 Å². The molecule has 0 amide bonds. The van der Waals surface area contributed by atoms with Crippen molar-refractivity contribution in [3.8, 4) is 34.3 Å². The number of para-hydroxylation sites is 2. The molecule has 13 rings (SSSR count). The van der Waals surface area contributed by atoms with Gasteiger partial charge in [0.2, 0.25) is 0 Å². The van der Waals surface area contributed by atoms with Crippen molar-refractivity contribution in [2.75, 3.05) is 0 Å². The van der Waals surface area contributed by atoms with Crippen LogP contribution < -0.4 is 4.74 Å². The van der Waals surface area contributed by atoms with E-state index in [2.05, 4.69) is 181 Å². The Morgan fingerprint density at radius 3 is 2.20 bits per heavy atom. The van der Waals surface area contributed by atoms with E-state index in [0.29, 0.717) is 17.5 Å². The Labute approximate surface area is 353 Å². The Balaban J connectivity index is 0.999. The van der Waals surface area contributed by atoms with Crippen molar-refractivity contribution in [3.63, 3.8) is 0 Å². The lowest BCUT2D eigenvalue weighted by molar-refractivity contribution is 0.374. The molecule has 1 aliphatic heterocycles. The van der Waals surface area contributed by atoms with Crippen LogP contribution in [0.3, 0.4) is 0 Å². The van der Waals surface area contributed by atoms with Gasteiger partial charge in [0.25, 0.3) is 0 Å². The van der Waals surface area contributed by atoms with E-state index in [1.807, 2.05) is 18.2 Å². The monoisotopic (exact) mass is 782 g/mol. The molecule has 0 fully saturated rings. The number of aromatic nitrogens is 4. The van der Waals surface area contributed by atoms with Crippen LogP contribution >= 0.6 is 0 Å². The number of fused-ring (bicyclic) bond motifs is 14. The summed E-state index contributed by atoms with van der Waals surface area (Å²) < 4.78 is 9.23. The summed E-state index contributed by atoms with van der Waals surface area (Å²) in [4.78, 5) is 15.8. The molecule has 1 spiro atoms. The second-order valence-electron chi connectivity index (χ2n) is 16.6. The predicted molar refractivity (Wildman–Crippen MR) is 246 cm³/mol. The summed E-state index contributed by atoms with van der Waals surface area (Å²) in [5.41, 5.74) is 11.0. The molecule has 9 aromatic rings. The molecule has 0 N–H and O–H groups in total. The number of ether oxygens (including phenoxy) is 1. The lowest BCUT2D eigenvalue weighted by Gasteiger charge is -2.43. The van der Waals surface area contributed by atoms with Gasteiger partial charge in [-0.25, -0.2) is 15.0 Å². The first-order chi connectivity index (χ1) is 30.2. The van der Waals surface area contributed by atoms with Gasteiger partial charge in [0, 0.05) is 56.1 Å². The van der Waals surface area contributed by atoms with E-state index >= 15 is 0 Å². The van der Waals surface area contributed by atoms with E-state index in [-0.39, 0.29) is 11.8 Å². The summed E-state index contributed by atoms with van der Waals surface area (Å²) in [5.74, 6) is 4.10. The normalized spacial score (nSPS) is 19.6. The van der Waals surface area contributed by atoms with Gasteiger partial charge >= 0.3 is 0 Å². The summed E-state index contributed by atoms with van der Waals surface area (Å²) in [5, 5.41) is 5.06. The molecule has 4 aliphatic rings. The minimum Gasteiger partial charge on any atom is -0.457 e. The van der Waals surface area contributed by atoms with Gasteiger partial charge in [0.05, 0.1) is 16.4 Å². The van der Waals surface area contributed by atoms with Crippen molar-refractivity contribution < 1.29 is 4.74 Å². The lowest BCUT2D eigenvalue weighted by atomic mass is 9.61. The summed E-state index contributed by atoms with van der Waals surface area (Å²) >= 11 is 0. The molecule has 61 heavy (non-hydrogen) atoms. The molecule has 3 aliphatic carbocycles. The highest BCUT2D eigenvalue weighted by atomic mass is 16.5. The minimum absolute atomic E-state index is 0.164. The first-order valence-electron chi connectivity index (χ1n) is 21.2. The van der Waals surface area contributed by atoms with Crippen molar-refractivity contribution >= 4 is 43.8 Å². The molecule has 5 heteroatoms. The summed E-state index contributed by atoms with van der Waals surface area (Å²) in [6.45, 7) is 0. The van der Waals surface area contributed by atoms with Crippen molar-refractivity contribution in [1.82, 2.24) is 19.5 Å². The second-order valence-corrected chi connectivity index (χ2v) is 16.6. The molecular formula is C56H38N4O. The third kappa shape index (κ3) is 4.98. The average molecular weight is 783 g/mol. The highest BCUT2D eigenvalue weighted by molar-refractivity contribution is 6.21. The van der Waals surface area contributed by atoms with E-state index in [0.717, 1.165) is 46.6 Å². The molecule has 7 aromatic carbocycles. The highest BCUT2D eigenvalue weighted by Crippen LogP contribution is 2.64. The fraction of sp³-hybridized carbons (Fsp3) is 0.0893. The summed E-state index contributed by atoms with van der Waals surface area (Å²) in [7, 11) is 0. The zero-order chi connectivity index (χ0) is 40.1. The first-order valence-corrected chi connectivity index (χ1v) is 21.2. The van der Waals surface area contributed by atoms with Gasteiger partial charge in [0.15, 0.2) is 17.5 Å². The predicted octanol–water partition coefficient (Wildman–Crippen LogP) is 13.5. The number of benzene rings is 7. The molecule has 3 atom stereocenters. The van der Waals surface area contributed by atoms with Crippen molar-refractivity contribution in [3.05, 3.63) is 222 Å². The van der Waals surface area contributed by atoms with Crippen LogP contribution in [0.5, 0.6) is 11.5 Å². The van der Waals surface area contributed by atoms with Crippen LogP contribution in [0.4, 0.5) is 0 Å². The van der Waals surface area contributed by atoms with Gasteiger partial charge in [-0.2, -0.15) is 0 Å². The van der Waals surface area contributed by atoms with Crippen LogP contribution in [-0.4, -0.2) is 19.5 Å². The molecule has 0 saturated heterocycles. The van der Waals surface area contributed by atoms with E-state index in [1.165, 1.54) is 55.0 Å². The van der Waals surface area contributed by atoms with Crippen molar-refractivity contribution in [2.45, 2.75) is 24.2 Å². The van der Waals surface area contributed by atoms with Gasteiger partial charge in [-0.1, -0.05) is 152 Å². The van der Waals surface area contributed by atoms with Crippen LogP contribution in [-0.2, 0) is 5.41 Å². The minimum atomic E-state index is -0.474. The summed E-state index contributed by atoms with van der Waals surface area (Å²) in [6, 6.07) is 56.3. The quantitative estimate of drug-likeness (QED) is 0.178. The largest absolute Gasteiger partial charge is 0.457 e. The molecule has 0 bridgehead atoms. The third-order valence-electron chi connectivity index (χ3n) is 13.4. The van der Waals surface area contributed by atoms with Gasteiger partial charge in [0.1, 0.15) is 11.5 Å². The lowest BCUT2D eigenvalue weighted by Crippen LogP contribution is -2.37. The zero-order valence-electron chi connectivity index (χ0n) is 33.2. The smallest absolute Gasteiger partial charge is 0.164 e. The topological polar surface area (TPSA) is 52.8 Å². The molecular weight excluding hydrogens is 745 g/mol. The standard InChI is InChI=1S/C56H38N4O/c1-2-16-36(17-3-1)53-57-54(37-18-14-19-39(33-37)60-48-27-12-8-23-43(48)52-40-20-5-4-15-35(40)29-31-49(52)60)59-55(58-53)38-30-32-51-47(34-38)56(46-26-11-13-28-50(46)61-51)44-24-9-6-21-41(44)42-22-7-10-25-45(42)56/h1-13,15-18,20-34,41,44H,14,19H2. The van der Waals surface area contributed by atoms with Gasteiger partial charge in [-0.05, 0) is 77.2 Å². The maximum absolute atomic E-state index is 6.78. The van der Waals surface area contributed by atoms with Crippen LogP contribution in [0.1, 0.15) is 46.8 Å². The summed E-state index contributed by atoms with van der Waals surface area (Å²) in [6.07, 6.45) is 15.5. The van der Waals surface area contributed by atoms with Crippen LogP contribution in [0.25, 0.3) is 66.6 Å². The Hall–Kier alpha value is -7.63. The fourth-order valence-electron chi connectivity index (χ4n) is 10.9. The molecule has 3 heterocycles. The maximum atomic E-state index is 6.78. The Morgan fingerprint density at radius 2 is 1.28 bits per heavy atom. The molecule has 0 saturated carbocycles. The van der Waals surface area contributed by atoms with E-state index in [4.69, 9.17) is 19.7 Å². The Bertz CT molecular complexity index is 3430. The number of hydrogen-bond acceptors (Lipinski definition) is 4. The molecule has 2 aromatic heterocycles. The van der Waals surface area contributed by atoms with Crippen LogP contribution in [0.2, 0.25) is 0 Å². The Kier molecular flexibility index (Phi) is 7.41. The van der Waals surface area contributed by atoms with E-state index in [1.54, 1.807) is 0 Å². The molecule has 5 nitrogen and oxygen atoms in total.